The monoisotopic (exact) mass is 1280 g/mol. The van der Waals surface area contributed by atoms with Crippen LogP contribution in [-0.4, -0.2) is 89.5 Å². The van der Waals surface area contributed by atoms with Crippen LogP contribution in [0.4, 0.5) is 0 Å². The molecular formula is C83H168O7. The molecule has 11 fully saturated rings. The lowest BCUT2D eigenvalue weighted by Crippen LogP contribution is -2.43. The van der Waals surface area contributed by atoms with Crippen molar-refractivity contribution in [3.8, 4) is 0 Å². The Hall–Kier alpha value is -0.280. The summed E-state index contributed by atoms with van der Waals surface area (Å²) in [6.07, 6.45) is 28.7. The fraction of sp³-hybridized carbons (Fsp3) is 1.00. The van der Waals surface area contributed by atoms with Crippen LogP contribution >= 0.6 is 0 Å². The molecule has 7 nitrogen and oxygen atoms in total. The average Bonchev–Trinajstić information content (AvgIpc) is 2.01. The highest BCUT2D eigenvalue weighted by Crippen LogP contribution is 2.50. The zero-order valence-corrected chi connectivity index (χ0v) is 66.2. The van der Waals surface area contributed by atoms with Crippen LogP contribution in [0.15, 0.2) is 0 Å². The van der Waals surface area contributed by atoms with Crippen LogP contribution in [0.5, 0.6) is 0 Å². The van der Waals surface area contributed by atoms with Crippen molar-refractivity contribution in [1.29, 1.82) is 0 Å². The van der Waals surface area contributed by atoms with Crippen molar-refractivity contribution in [2.45, 2.75) is 367 Å². The van der Waals surface area contributed by atoms with E-state index in [1.165, 1.54) is 128 Å². The maximum absolute atomic E-state index is 5.49. The van der Waals surface area contributed by atoms with E-state index in [1.807, 2.05) is 0 Å². The van der Waals surface area contributed by atoms with E-state index in [2.05, 4.69) is 208 Å². The molecule has 7 heteroatoms. The van der Waals surface area contributed by atoms with Gasteiger partial charge in [-0.25, -0.2) is 0 Å². The van der Waals surface area contributed by atoms with Crippen LogP contribution < -0.4 is 0 Å². The third kappa shape index (κ3) is 49.3. The van der Waals surface area contributed by atoms with Crippen LogP contribution in [0.25, 0.3) is 0 Å². The molecule has 7 saturated heterocycles. The van der Waals surface area contributed by atoms with Crippen molar-refractivity contribution in [1.82, 2.24) is 0 Å². The molecule has 0 amide bonds. The predicted octanol–water partition coefficient (Wildman–Crippen LogP) is 24.7. The Bertz CT molecular complexity index is 1640. The molecule has 11 rings (SSSR count). The quantitative estimate of drug-likeness (QED) is 0.153. The summed E-state index contributed by atoms with van der Waals surface area (Å²) in [4.78, 5) is 0. The molecule has 7 aliphatic heterocycles. The van der Waals surface area contributed by atoms with Gasteiger partial charge in [0.15, 0.2) is 0 Å². The highest BCUT2D eigenvalue weighted by Gasteiger charge is 2.40. The molecule has 4 unspecified atom stereocenters. The standard InChI is InChI=1S/2C9H18O.2C8H16O.2C8H16.C7H14O.C7H14.2C6H12O.C6H12.CH4/c2*1-8(2,3)7-9(4)5-6-10-9;1-7(2)4-8(3)5-9-6-8;1-8(2,3)6-7-4-5-9-7;2*1-7(2)6-8(3)4-5-8;1-6(2)3-7-4-8-5-7;1-6(2)5-7-3-4-7;1-5(2)6-3-7-4-6;1-5(2)6-3-4-7-6;1-5(2)6-3-4-6;/h2*5-7H2,1-4H3;2*7H,4-6H2,1-3H3;2*7H,4-6H2,1-3H3;6-7H,3-5H2,1-2H3;6-7H,3-5H2,1-2H3;2*5-6H,3-4H2,1-2H3;5-6H,3-4H2,1-2H3;1H4. The SMILES string of the molecule is C.CC(C)(C)CC1(C)CCO1.CC(C)(C)CC1(C)CCO1.CC(C)(C)CC1CCO1.CC(C)C1CC1.CC(C)C1CCO1.CC(C)C1COC1.CC(C)CC1(C)CC1.CC(C)CC1(C)CC1.CC(C)CC1(C)COC1.CC(C)CC1CC1.CC(C)CC1COC1. The van der Waals surface area contributed by atoms with Gasteiger partial charge in [0.1, 0.15) is 0 Å². The van der Waals surface area contributed by atoms with Gasteiger partial charge in [-0.15, -0.1) is 0 Å². The molecule has 7 heterocycles. The van der Waals surface area contributed by atoms with Gasteiger partial charge in [0.25, 0.3) is 0 Å². The van der Waals surface area contributed by atoms with Gasteiger partial charge >= 0.3 is 0 Å². The maximum atomic E-state index is 5.49. The molecule has 0 aromatic rings. The number of hydrogen-bond donors (Lipinski definition) is 0. The largest absolute Gasteiger partial charge is 0.381 e. The fourth-order valence-corrected chi connectivity index (χ4v) is 13.2. The minimum atomic E-state index is 0. The van der Waals surface area contributed by atoms with Crippen LogP contribution in [0.1, 0.15) is 344 Å². The van der Waals surface area contributed by atoms with E-state index in [0.29, 0.717) is 33.9 Å². The Balaban J connectivity index is 0.000000970. The van der Waals surface area contributed by atoms with Gasteiger partial charge in [0.05, 0.1) is 76.3 Å². The molecule has 0 aromatic carbocycles. The van der Waals surface area contributed by atoms with E-state index in [4.69, 9.17) is 33.2 Å². The molecule has 4 saturated carbocycles. The first-order valence-electron chi connectivity index (χ1n) is 38.0. The Morgan fingerprint density at radius 2 is 0.722 bits per heavy atom. The number of rotatable bonds is 16. The first-order valence-corrected chi connectivity index (χ1v) is 38.0. The summed E-state index contributed by atoms with van der Waals surface area (Å²) in [5.74, 6) is 10.9. The highest BCUT2D eigenvalue weighted by molar-refractivity contribution is 4.91. The van der Waals surface area contributed by atoms with E-state index in [1.54, 1.807) is 0 Å². The van der Waals surface area contributed by atoms with E-state index >= 15 is 0 Å². The lowest BCUT2D eigenvalue weighted by Gasteiger charge is -2.42. The first-order chi connectivity index (χ1) is 40.8. The van der Waals surface area contributed by atoms with Crippen LogP contribution in [0.2, 0.25) is 0 Å². The summed E-state index contributed by atoms with van der Waals surface area (Å²) in [5.41, 5.74) is 3.75. The van der Waals surface area contributed by atoms with Gasteiger partial charge in [0, 0.05) is 30.5 Å². The van der Waals surface area contributed by atoms with Crippen LogP contribution in [-0.2, 0) is 33.2 Å². The van der Waals surface area contributed by atoms with Crippen molar-refractivity contribution in [2.75, 3.05) is 66.1 Å². The topological polar surface area (TPSA) is 64.6 Å². The molecule has 4 atom stereocenters. The molecule has 0 radical (unpaired) electrons. The van der Waals surface area contributed by atoms with Gasteiger partial charge in [-0.1, -0.05) is 214 Å². The molecule has 0 N–H and O–H groups in total. The van der Waals surface area contributed by atoms with Gasteiger partial charge in [-0.05, 0) is 216 Å². The Labute approximate surface area is 566 Å². The van der Waals surface area contributed by atoms with E-state index in [0.717, 1.165) is 148 Å². The second kappa shape index (κ2) is 42.5. The lowest BCUT2D eigenvalue weighted by atomic mass is 9.79. The summed E-state index contributed by atoms with van der Waals surface area (Å²) in [6, 6.07) is 0. The molecule has 542 valence electrons. The van der Waals surface area contributed by atoms with Gasteiger partial charge in [-0.2, -0.15) is 0 Å². The second-order valence-corrected chi connectivity index (χ2v) is 39.0. The van der Waals surface area contributed by atoms with E-state index in [9.17, 15) is 0 Å². The zero-order chi connectivity index (χ0) is 68.2. The minimum Gasteiger partial charge on any atom is -0.381 e. The van der Waals surface area contributed by atoms with Crippen molar-refractivity contribution >= 4 is 0 Å². The fourth-order valence-electron chi connectivity index (χ4n) is 13.2. The third-order valence-corrected chi connectivity index (χ3v) is 19.1. The zero-order valence-electron chi connectivity index (χ0n) is 66.2. The number of ether oxygens (including phenoxy) is 7. The Morgan fingerprint density at radius 1 is 0.367 bits per heavy atom. The molecule has 90 heavy (non-hydrogen) atoms. The van der Waals surface area contributed by atoms with E-state index < -0.39 is 0 Å². The Morgan fingerprint density at radius 3 is 0.789 bits per heavy atom. The van der Waals surface area contributed by atoms with Gasteiger partial charge in [-0.3, -0.25) is 0 Å². The van der Waals surface area contributed by atoms with Crippen LogP contribution in [0.3, 0.4) is 0 Å². The summed E-state index contributed by atoms with van der Waals surface area (Å²) in [7, 11) is 0. The van der Waals surface area contributed by atoms with Crippen molar-refractivity contribution < 1.29 is 33.2 Å². The summed E-state index contributed by atoms with van der Waals surface area (Å²) in [6.45, 7) is 78.1. The van der Waals surface area contributed by atoms with E-state index in [-0.39, 0.29) is 18.6 Å². The summed E-state index contributed by atoms with van der Waals surface area (Å²) < 4.78 is 36.7. The van der Waals surface area contributed by atoms with Crippen molar-refractivity contribution in [2.24, 2.45) is 104 Å². The number of hydrogen-bond acceptors (Lipinski definition) is 7. The van der Waals surface area contributed by atoms with Gasteiger partial charge in [0.2, 0.25) is 0 Å². The minimum absolute atomic E-state index is 0. The molecule has 0 aromatic heterocycles. The predicted molar refractivity (Wildman–Crippen MR) is 395 cm³/mol. The lowest BCUT2D eigenvalue weighted by molar-refractivity contribution is -0.152. The maximum Gasteiger partial charge on any atom is 0.0681 e. The van der Waals surface area contributed by atoms with Crippen LogP contribution in [0, 0.1) is 104 Å². The molecule has 0 spiro atoms. The van der Waals surface area contributed by atoms with Crippen molar-refractivity contribution in [3.05, 3.63) is 0 Å². The molecule has 4 aliphatic carbocycles. The second-order valence-electron chi connectivity index (χ2n) is 39.0. The van der Waals surface area contributed by atoms with Crippen molar-refractivity contribution in [3.63, 3.8) is 0 Å². The first kappa shape index (κ1) is 89.7. The average molecular weight is 1280 g/mol. The Kier molecular flexibility index (Phi) is 42.4. The smallest absolute Gasteiger partial charge is 0.0681 e. The molecular weight excluding hydrogens is 1110 g/mol. The summed E-state index contributed by atoms with van der Waals surface area (Å²) in [5, 5.41) is 0. The molecule has 11 aliphatic rings. The van der Waals surface area contributed by atoms with Gasteiger partial charge < -0.3 is 33.2 Å². The highest BCUT2D eigenvalue weighted by atomic mass is 16.5. The summed E-state index contributed by atoms with van der Waals surface area (Å²) >= 11 is 0. The molecule has 0 bridgehead atoms. The normalized spacial score (nSPS) is 26.1. The third-order valence-electron chi connectivity index (χ3n) is 19.1.